The Labute approximate surface area is 184 Å². The van der Waals surface area contributed by atoms with Crippen molar-refractivity contribution in [1.29, 1.82) is 0 Å². The Hall–Kier alpha value is -4.78. The fourth-order valence-electron chi connectivity index (χ4n) is 4.34. The molecule has 2 heterocycles. The van der Waals surface area contributed by atoms with Crippen molar-refractivity contribution >= 4 is 45.7 Å². The molecule has 6 rings (SSSR count). The Kier molecular flexibility index (Phi) is 3.79. The van der Waals surface area contributed by atoms with Gasteiger partial charge in [-0.05, 0) is 23.3 Å². The van der Waals surface area contributed by atoms with Gasteiger partial charge in [0.2, 0.25) is 11.6 Å². The summed E-state index contributed by atoms with van der Waals surface area (Å²) in [6.07, 6.45) is 2.25. The molecule has 0 saturated carbocycles. The van der Waals surface area contributed by atoms with Crippen molar-refractivity contribution in [3.05, 3.63) is 65.2 Å². The average molecular weight is 438 g/mol. The van der Waals surface area contributed by atoms with Crippen LogP contribution in [0.3, 0.4) is 0 Å². The second-order valence-corrected chi connectivity index (χ2v) is 7.72. The van der Waals surface area contributed by atoms with E-state index in [9.17, 15) is 24.9 Å². The van der Waals surface area contributed by atoms with Gasteiger partial charge < -0.3 is 24.2 Å². The number of Topliss-reactive ketones (excluding diaryl/α,β-unsaturated/α-hetero) is 2. The van der Waals surface area contributed by atoms with Gasteiger partial charge >= 0.3 is 0 Å². The van der Waals surface area contributed by atoms with E-state index in [2.05, 4.69) is 0 Å². The lowest BCUT2D eigenvalue weighted by Gasteiger charge is -2.08. The van der Waals surface area contributed by atoms with Gasteiger partial charge in [0.1, 0.15) is 11.2 Å². The van der Waals surface area contributed by atoms with Crippen LogP contribution in [0.1, 0.15) is 0 Å². The van der Waals surface area contributed by atoms with Crippen LogP contribution >= 0.6 is 0 Å². The van der Waals surface area contributed by atoms with Crippen LogP contribution in [0.25, 0.3) is 56.3 Å². The minimum Gasteiger partial charge on any atom is -0.508 e. The molecule has 160 valence electrons. The topological polar surface area (TPSA) is 121 Å². The molecule has 0 spiro atoms. The van der Waals surface area contributed by atoms with Crippen molar-refractivity contribution in [2.24, 2.45) is 0 Å². The zero-order valence-corrected chi connectivity index (χ0v) is 16.8. The lowest BCUT2D eigenvalue weighted by atomic mass is 9.94. The van der Waals surface area contributed by atoms with Crippen molar-refractivity contribution < 1.29 is 33.7 Å². The van der Waals surface area contributed by atoms with E-state index in [1.165, 1.54) is 12.1 Å². The molecule has 0 atom stereocenters. The van der Waals surface area contributed by atoms with E-state index >= 15 is 0 Å². The van der Waals surface area contributed by atoms with E-state index in [-0.39, 0.29) is 28.1 Å². The maximum absolute atomic E-state index is 12.2. The first-order chi connectivity index (χ1) is 15.9. The largest absolute Gasteiger partial charge is 0.508 e. The number of furan rings is 2. The molecule has 1 aliphatic carbocycles. The second-order valence-electron chi connectivity index (χ2n) is 7.72. The molecule has 2 aromatic heterocycles. The third kappa shape index (κ3) is 2.62. The summed E-state index contributed by atoms with van der Waals surface area (Å²) >= 11 is 0. The summed E-state index contributed by atoms with van der Waals surface area (Å²) in [6.45, 7) is 0. The molecular weight excluding hydrogens is 424 g/mol. The number of benzene rings is 3. The number of ketones is 2. The number of hydrogen-bond donors (Lipinski definition) is 3. The molecule has 7 heteroatoms. The van der Waals surface area contributed by atoms with Crippen molar-refractivity contribution in [3.63, 3.8) is 0 Å². The Morgan fingerprint density at radius 1 is 0.636 bits per heavy atom. The van der Waals surface area contributed by atoms with Crippen molar-refractivity contribution in [3.8, 4) is 39.7 Å². The summed E-state index contributed by atoms with van der Waals surface area (Å²) in [6, 6.07) is 15.1. The van der Waals surface area contributed by atoms with Crippen LogP contribution in [0, 0.1) is 0 Å². The Morgan fingerprint density at radius 3 is 2.03 bits per heavy atom. The van der Waals surface area contributed by atoms with Crippen LogP contribution in [0.5, 0.6) is 17.4 Å². The van der Waals surface area contributed by atoms with Gasteiger partial charge in [-0.3, -0.25) is 9.59 Å². The molecule has 0 radical (unpaired) electrons. The first-order valence-corrected chi connectivity index (χ1v) is 10.0. The van der Waals surface area contributed by atoms with Crippen LogP contribution in [-0.2, 0) is 9.59 Å². The SMILES string of the molecule is O=C1C=c2oc3c(O)c(-c4ccccc4)c4oc(O)c(-c5ccc(O)cc5)c4c3c2=CC1=O. The molecule has 1 aliphatic rings. The predicted octanol–water partition coefficient (Wildman–Crippen LogP) is 3.34. The van der Waals surface area contributed by atoms with Crippen LogP contribution < -0.4 is 10.6 Å². The monoisotopic (exact) mass is 438 g/mol. The van der Waals surface area contributed by atoms with Crippen LogP contribution in [-0.4, -0.2) is 26.9 Å². The minimum absolute atomic E-state index is 0.0477. The number of rotatable bonds is 2. The van der Waals surface area contributed by atoms with Crippen molar-refractivity contribution in [2.75, 3.05) is 0 Å². The number of carbonyl (C=O) groups is 2. The fourth-order valence-corrected chi connectivity index (χ4v) is 4.34. The molecule has 0 fully saturated rings. The smallest absolute Gasteiger partial charge is 0.291 e. The molecule has 0 aliphatic heterocycles. The molecule has 5 aromatic rings. The third-order valence-corrected chi connectivity index (χ3v) is 5.79. The summed E-state index contributed by atoms with van der Waals surface area (Å²) < 4.78 is 11.6. The van der Waals surface area contributed by atoms with E-state index in [4.69, 9.17) is 8.83 Å². The summed E-state index contributed by atoms with van der Waals surface area (Å²) in [5.41, 5.74) is 2.12. The predicted molar refractivity (Wildman–Crippen MR) is 120 cm³/mol. The molecular formula is C26H14O7. The molecule has 0 amide bonds. The summed E-state index contributed by atoms with van der Waals surface area (Å²) in [5.74, 6) is -2.05. The van der Waals surface area contributed by atoms with E-state index in [1.54, 1.807) is 36.4 Å². The number of aromatic hydroxyl groups is 3. The number of carbonyl (C=O) groups excluding carboxylic acids is 2. The highest BCUT2D eigenvalue weighted by Gasteiger charge is 2.29. The van der Waals surface area contributed by atoms with E-state index < -0.39 is 17.5 Å². The number of phenolic OH excluding ortho intramolecular Hbond substituents is 2. The van der Waals surface area contributed by atoms with Crippen LogP contribution in [0.2, 0.25) is 0 Å². The van der Waals surface area contributed by atoms with E-state index in [0.717, 1.165) is 12.2 Å². The van der Waals surface area contributed by atoms with Gasteiger partial charge in [0.25, 0.3) is 5.95 Å². The van der Waals surface area contributed by atoms with E-state index in [1.807, 2.05) is 6.07 Å². The van der Waals surface area contributed by atoms with E-state index in [0.29, 0.717) is 38.2 Å². The van der Waals surface area contributed by atoms with Crippen LogP contribution in [0.15, 0.2) is 63.4 Å². The molecule has 3 aromatic carbocycles. The highest BCUT2D eigenvalue weighted by atomic mass is 16.5. The quantitative estimate of drug-likeness (QED) is 0.362. The molecule has 0 unspecified atom stereocenters. The first-order valence-electron chi connectivity index (χ1n) is 10.0. The molecule has 0 bridgehead atoms. The molecule has 3 N–H and O–H groups in total. The standard InChI is InChI=1S/C26H14O7/c27-14-8-6-13(7-9-14)19-22-21-15-10-16(28)17(29)11-18(15)32-25(21)23(30)20(24(22)33-26(19)31)12-4-2-1-3-5-12/h1-11,27,30-31H. The van der Waals surface area contributed by atoms with Gasteiger partial charge in [0.05, 0.1) is 11.1 Å². The molecule has 33 heavy (non-hydrogen) atoms. The Morgan fingerprint density at radius 2 is 1.30 bits per heavy atom. The fraction of sp³-hybridized carbons (Fsp3) is 0. The normalized spacial score (nSPS) is 13.2. The Balaban J connectivity index is 1.89. The summed E-state index contributed by atoms with van der Waals surface area (Å²) in [4.78, 5) is 24.1. The number of hydrogen-bond acceptors (Lipinski definition) is 7. The highest BCUT2D eigenvalue weighted by molar-refractivity contribution is 6.57. The van der Waals surface area contributed by atoms with Gasteiger partial charge in [-0.1, -0.05) is 42.5 Å². The number of phenols is 2. The zero-order chi connectivity index (χ0) is 22.9. The number of fused-ring (bicyclic) bond motifs is 5. The first kappa shape index (κ1) is 18.9. The van der Waals surface area contributed by atoms with Crippen molar-refractivity contribution in [2.45, 2.75) is 0 Å². The second kappa shape index (κ2) is 6.61. The maximum Gasteiger partial charge on any atom is 0.291 e. The molecule has 0 saturated heterocycles. The van der Waals surface area contributed by atoms with Crippen molar-refractivity contribution in [1.82, 2.24) is 0 Å². The maximum atomic E-state index is 12.2. The molecule has 7 nitrogen and oxygen atoms in total. The van der Waals surface area contributed by atoms with Crippen LogP contribution in [0.4, 0.5) is 0 Å². The third-order valence-electron chi connectivity index (χ3n) is 5.79. The van der Waals surface area contributed by atoms with Gasteiger partial charge in [-0.15, -0.1) is 0 Å². The lowest BCUT2D eigenvalue weighted by Crippen LogP contribution is -2.30. The van der Waals surface area contributed by atoms with Gasteiger partial charge in [0.15, 0.2) is 16.9 Å². The summed E-state index contributed by atoms with van der Waals surface area (Å²) in [5, 5.41) is 32.8. The van der Waals surface area contributed by atoms with Gasteiger partial charge in [0, 0.05) is 28.1 Å². The van der Waals surface area contributed by atoms with Gasteiger partial charge in [-0.2, -0.15) is 0 Å². The minimum atomic E-state index is -0.727. The summed E-state index contributed by atoms with van der Waals surface area (Å²) in [7, 11) is 0. The zero-order valence-electron chi connectivity index (χ0n) is 16.8. The lowest BCUT2D eigenvalue weighted by molar-refractivity contribution is -0.129. The Bertz CT molecular complexity index is 1750. The van der Waals surface area contributed by atoms with Gasteiger partial charge in [-0.25, -0.2) is 0 Å². The highest BCUT2D eigenvalue weighted by Crippen LogP contribution is 2.50. The average Bonchev–Trinajstić information content (AvgIpc) is 3.33.